The maximum atomic E-state index is 12.2. The number of likely N-dealkylation sites (tertiary alicyclic amines) is 1. The molecule has 1 aliphatic heterocycles. The van der Waals surface area contributed by atoms with Gasteiger partial charge < -0.3 is 4.90 Å². The van der Waals surface area contributed by atoms with Crippen LogP contribution in [0.25, 0.3) is 0 Å². The van der Waals surface area contributed by atoms with Crippen LogP contribution in [0, 0.1) is 0 Å². The van der Waals surface area contributed by atoms with Gasteiger partial charge in [-0.1, -0.05) is 6.07 Å². The lowest BCUT2D eigenvalue weighted by atomic mass is 9.95. The summed E-state index contributed by atoms with van der Waals surface area (Å²) in [6.45, 7) is 1.61. The Bertz CT molecular complexity index is 533. The first-order valence-corrected chi connectivity index (χ1v) is 7.31. The first-order chi connectivity index (χ1) is 9.34. The third-order valence-electron chi connectivity index (χ3n) is 3.51. The van der Waals surface area contributed by atoms with Crippen molar-refractivity contribution >= 4 is 17.2 Å². The molecule has 0 aromatic carbocycles. The van der Waals surface area contributed by atoms with Gasteiger partial charge in [0.25, 0.3) is 5.91 Å². The number of piperidine rings is 1. The van der Waals surface area contributed by atoms with Crippen molar-refractivity contribution in [2.75, 3.05) is 13.1 Å². The molecule has 0 spiro atoms. The van der Waals surface area contributed by atoms with Crippen LogP contribution in [0.3, 0.4) is 0 Å². The molecule has 0 atom stereocenters. The number of aromatic nitrogens is 2. The number of nitrogens with zero attached hydrogens (tertiary/aromatic N) is 3. The molecule has 0 bridgehead atoms. The quantitative estimate of drug-likeness (QED) is 0.844. The number of carbonyl (C=O) groups is 1. The van der Waals surface area contributed by atoms with Crippen molar-refractivity contribution in [1.29, 1.82) is 0 Å². The molecule has 1 aliphatic rings. The smallest absolute Gasteiger partial charge is 0.274 e. The van der Waals surface area contributed by atoms with Crippen molar-refractivity contribution in [3.05, 3.63) is 46.7 Å². The van der Waals surface area contributed by atoms with E-state index >= 15 is 0 Å². The summed E-state index contributed by atoms with van der Waals surface area (Å²) < 4.78 is 0. The first kappa shape index (κ1) is 12.3. The van der Waals surface area contributed by atoms with Crippen molar-refractivity contribution in [2.24, 2.45) is 0 Å². The van der Waals surface area contributed by atoms with E-state index < -0.39 is 0 Å². The second-order valence-corrected chi connectivity index (χ2v) is 5.65. The lowest BCUT2D eigenvalue weighted by Crippen LogP contribution is -2.38. The lowest BCUT2D eigenvalue weighted by molar-refractivity contribution is 0.0707. The predicted octanol–water partition coefficient (Wildman–Crippen LogP) is 2.56. The van der Waals surface area contributed by atoms with Gasteiger partial charge in [-0.2, -0.15) is 0 Å². The van der Waals surface area contributed by atoms with Gasteiger partial charge in [0, 0.05) is 30.4 Å². The van der Waals surface area contributed by atoms with Crippen LogP contribution in [0.15, 0.2) is 36.1 Å². The first-order valence-electron chi connectivity index (χ1n) is 6.43. The van der Waals surface area contributed by atoms with Crippen LogP contribution in [0.2, 0.25) is 0 Å². The number of thiophene rings is 1. The van der Waals surface area contributed by atoms with E-state index in [0.29, 0.717) is 11.6 Å². The SMILES string of the molecule is O=C(c1cnccn1)N1CCC(c2cccs2)CC1. The van der Waals surface area contributed by atoms with E-state index in [2.05, 4.69) is 27.5 Å². The van der Waals surface area contributed by atoms with E-state index in [4.69, 9.17) is 0 Å². The Morgan fingerprint density at radius 3 is 2.79 bits per heavy atom. The zero-order valence-corrected chi connectivity index (χ0v) is 11.3. The van der Waals surface area contributed by atoms with E-state index in [1.165, 1.54) is 11.1 Å². The van der Waals surface area contributed by atoms with Gasteiger partial charge in [-0.15, -0.1) is 11.3 Å². The summed E-state index contributed by atoms with van der Waals surface area (Å²) in [5.41, 5.74) is 0.442. The van der Waals surface area contributed by atoms with Gasteiger partial charge in [0.2, 0.25) is 0 Å². The molecule has 0 N–H and O–H groups in total. The van der Waals surface area contributed by atoms with Crippen LogP contribution in [0.5, 0.6) is 0 Å². The Balaban J connectivity index is 1.63. The molecule has 98 valence electrons. The van der Waals surface area contributed by atoms with Gasteiger partial charge in [-0.25, -0.2) is 4.98 Å². The van der Waals surface area contributed by atoms with E-state index in [1.54, 1.807) is 12.4 Å². The minimum atomic E-state index is -0.00210. The van der Waals surface area contributed by atoms with E-state index in [9.17, 15) is 4.79 Å². The highest BCUT2D eigenvalue weighted by atomic mass is 32.1. The fourth-order valence-corrected chi connectivity index (χ4v) is 3.36. The fraction of sp³-hybridized carbons (Fsp3) is 0.357. The van der Waals surface area contributed by atoms with Crippen molar-refractivity contribution in [2.45, 2.75) is 18.8 Å². The molecule has 0 saturated carbocycles. The van der Waals surface area contributed by atoms with Gasteiger partial charge in [-0.3, -0.25) is 9.78 Å². The molecule has 2 aromatic heterocycles. The van der Waals surface area contributed by atoms with Crippen molar-refractivity contribution < 1.29 is 4.79 Å². The maximum absolute atomic E-state index is 12.2. The average molecular weight is 273 g/mol. The Labute approximate surface area is 116 Å². The van der Waals surface area contributed by atoms with Gasteiger partial charge in [-0.05, 0) is 30.2 Å². The third-order valence-corrected chi connectivity index (χ3v) is 4.54. The van der Waals surface area contributed by atoms with Crippen molar-refractivity contribution in [3.8, 4) is 0 Å². The molecule has 0 aliphatic carbocycles. The highest BCUT2D eigenvalue weighted by Gasteiger charge is 2.25. The average Bonchev–Trinajstić information content (AvgIpc) is 3.02. The molecule has 3 heterocycles. The molecule has 2 aromatic rings. The summed E-state index contributed by atoms with van der Waals surface area (Å²) in [7, 11) is 0. The minimum Gasteiger partial charge on any atom is -0.337 e. The summed E-state index contributed by atoms with van der Waals surface area (Å²) in [4.78, 5) is 23.6. The number of amides is 1. The molecule has 19 heavy (non-hydrogen) atoms. The highest BCUT2D eigenvalue weighted by molar-refractivity contribution is 7.10. The van der Waals surface area contributed by atoms with E-state index in [1.807, 2.05) is 16.2 Å². The van der Waals surface area contributed by atoms with Crippen LogP contribution < -0.4 is 0 Å². The molecule has 1 saturated heterocycles. The van der Waals surface area contributed by atoms with E-state index in [-0.39, 0.29) is 5.91 Å². The van der Waals surface area contributed by atoms with Gasteiger partial charge >= 0.3 is 0 Å². The third kappa shape index (κ3) is 2.66. The van der Waals surface area contributed by atoms with Crippen molar-refractivity contribution in [3.63, 3.8) is 0 Å². The van der Waals surface area contributed by atoms with Crippen LogP contribution in [0.4, 0.5) is 0 Å². The van der Waals surface area contributed by atoms with Crippen LogP contribution >= 0.6 is 11.3 Å². The molecular formula is C14H15N3OS. The topological polar surface area (TPSA) is 46.1 Å². The molecule has 0 radical (unpaired) electrons. The summed E-state index contributed by atoms with van der Waals surface area (Å²) in [5.74, 6) is 0.601. The molecule has 1 amide bonds. The number of rotatable bonds is 2. The Morgan fingerprint density at radius 1 is 1.32 bits per heavy atom. The molecular weight excluding hydrogens is 258 g/mol. The number of carbonyl (C=O) groups excluding carboxylic acids is 1. The normalized spacial score (nSPS) is 16.5. The lowest BCUT2D eigenvalue weighted by Gasteiger charge is -2.31. The zero-order chi connectivity index (χ0) is 13.1. The number of hydrogen-bond donors (Lipinski definition) is 0. The molecule has 4 nitrogen and oxygen atoms in total. The zero-order valence-electron chi connectivity index (χ0n) is 10.5. The Morgan fingerprint density at radius 2 is 2.16 bits per heavy atom. The standard InChI is InChI=1S/C14H15N3OS/c18-14(12-10-15-5-6-16-12)17-7-3-11(4-8-17)13-2-1-9-19-13/h1-2,5-6,9-11H,3-4,7-8H2. The molecule has 3 rings (SSSR count). The van der Waals surface area contributed by atoms with Crippen LogP contribution in [-0.2, 0) is 0 Å². The van der Waals surface area contributed by atoms with Gasteiger partial charge in [0.1, 0.15) is 5.69 Å². The van der Waals surface area contributed by atoms with Crippen molar-refractivity contribution in [1.82, 2.24) is 14.9 Å². The molecule has 1 fully saturated rings. The largest absolute Gasteiger partial charge is 0.337 e. The second kappa shape index (κ2) is 5.48. The summed E-state index contributed by atoms with van der Waals surface area (Å²) >= 11 is 1.81. The second-order valence-electron chi connectivity index (χ2n) is 4.67. The Kier molecular flexibility index (Phi) is 3.55. The highest BCUT2D eigenvalue weighted by Crippen LogP contribution is 2.31. The molecule has 0 unspecified atom stereocenters. The summed E-state index contributed by atoms with van der Waals surface area (Å²) in [6.07, 6.45) is 6.75. The number of hydrogen-bond acceptors (Lipinski definition) is 4. The van der Waals surface area contributed by atoms with Crippen LogP contribution in [-0.4, -0.2) is 33.9 Å². The van der Waals surface area contributed by atoms with Gasteiger partial charge in [0.15, 0.2) is 0 Å². The Hall–Kier alpha value is -1.75. The van der Waals surface area contributed by atoms with Gasteiger partial charge in [0.05, 0.1) is 6.20 Å². The minimum absolute atomic E-state index is 0.00210. The maximum Gasteiger partial charge on any atom is 0.274 e. The monoisotopic (exact) mass is 273 g/mol. The molecule has 5 heteroatoms. The summed E-state index contributed by atoms with van der Waals surface area (Å²) in [5, 5.41) is 2.12. The fourth-order valence-electron chi connectivity index (χ4n) is 2.46. The van der Waals surface area contributed by atoms with E-state index in [0.717, 1.165) is 25.9 Å². The predicted molar refractivity (Wildman–Crippen MR) is 74.2 cm³/mol. The van der Waals surface area contributed by atoms with Crippen LogP contribution in [0.1, 0.15) is 34.1 Å². The summed E-state index contributed by atoms with van der Waals surface area (Å²) in [6, 6.07) is 4.28.